The topological polar surface area (TPSA) is 75.7 Å². The Kier molecular flexibility index (Phi) is 7.45. The highest BCUT2D eigenvalue weighted by Crippen LogP contribution is 2.25. The van der Waals surface area contributed by atoms with Gasteiger partial charge >= 0.3 is 0 Å². The van der Waals surface area contributed by atoms with Crippen molar-refractivity contribution in [1.82, 2.24) is 5.32 Å². The molecule has 0 saturated carbocycles. The Morgan fingerprint density at radius 3 is 2.39 bits per heavy atom. The van der Waals surface area contributed by atoms with Crippen LogP contribution in [0.5, 0.6) is 5.75 Å². The molecule has 0 radical (unpaired) electrons. The number of anilines is 1. The average molecular weight is 405 g/mol. The number of hydrogen-bond donors (Lipinski definition) is 1. The van der Waals surface area contributed by atoms with Crippen LogP contribution in [0.3, 0.4) is 0 Å². The molecular formula is C21H28N2O4S. The van der Waals surface area contributed by atoms with Gasteiger partial charge in [-0.05, 0) is 44.4 Å². The van der Waals surface area contributed by atoms with Crippen molar-refractivity contribution in [2.75, 3.05) is 17.7 Å². The highest BCUT2D eigenvalue weighted by atomic mass is 32.2. The van der Waals surface area contributed by atoms with Crippen LogP contribution in [-0.2, 0) is 21.2 Å². The van der Waals surface area contributed by atoms with Crippen molar-refractivity contribution in [3.05, 3.63) is 60.2 Å². The predicted octanol–water partition coefficient (Wildman–Crippen LogP) is 2.99. The number of hydrogen-bond acceptors (Lipinski definition) is 4. The fraction of sp³-hybridized carbons (Fsp3) is 0.381. The molecule has 0 aromatic heterocycles. The minimum atomic E-state index is -3.66. The maximum Gasteiger partial charge on any atom is 0.243 e. The molecule has 7 heteroatoms. The van der Waals surface area contributed by atoms with Crippen LogP contribution < -0.4 is 14.4 Å². The number of amides is 1. The van der Waals surface area contributed by atoms with Gasteiger partial charge in [0.15, 0.2) is 0 Å². The fourth-order valence-corrected chi connectivity index (χ4v) is 4.19. The summed E-state index contributed by atoms with van der Waals surface area (Å²) in [5.74, 6) is 0.184. The van der Waals surface area contributed by atoms with Crippen LogP contribution in [0.1, 0.15) is 25.8 Å². The molecule has 2 atom stereocenters. The summed E-state index contributed by atoms with van der Waals surface area (Å²) >= 11 is 0. The summed E-state index contributed by atoms with van der Waals surface area (Å²) in [5, 5.41) is 2.92. The lowest BCUT2D eigenvalue weighted by molar-refractivity contribution is -0.122. The van der Waals surface area contributed by atoms with Crippen molar-refractivity contribution < 1.29 is 17.9 Å². The number of nitrogens with zero attached hydrogens (tertiary/aromatic N) is 1. The molecule has 28 heavy (non-hydrogen) atoms. The van der Waals surface area contributed by atoms with E-state index in [1.54, 1.807) is 31.2 Å². The molecule has 0 unspecified atom stereocenters. The molecule has 2 aromatic rings. The molecule has 0 aliphatic carbocycles. The molecule has 0 fully saturated rings. The van der Waals surface area contributed by atoms with Gasteiger partial charge in [-0.25, -0.2) is 8.42 Å². The third-order valence-electron chi connectivity index (χ3n) is 4.49. The molecule has 0 saturated heterocycles. The summed E-state index contributed by atoms with van der Waals surface area (Å²) in [6.45, 7) is 3.50. The zero-order valence-corrected chi connectivity index (χ0v) is 17.6. The highest BCUT2D eigenvalue weighted by Gasteiger charge is 2.29. The quantitative estimate of drug-likeness (QED) is 0.697. The van der Waals surface area contributed by atoms with Gasteiger partial charge in [-0.3, -0.25) is 9.10 Å². The average Bonchev–Trinajstić information content (AvgIpc) is 2.66. The van der Waals surface area contributed by atoms with E-state index in [4.69, 9.17) is 4.74 Å². The zero-order valence-electron chi connectivity index (χ0n) is 16.8. The summed E-state index contributed by atoms with van der Waals surface area (Å²) in [6, 6.07) is 15.7. The molecule has 1 N–H and O–H groups in total. The van der Waals surface area contributed by atoms with E-state index in [9.17, 15) is 13.2 Å². The number of benzene rings is 2. The van der Waals surface area contributed by atoms with E-state index in [0.717, 1.165) is 23.4 Å². The second-order valence-electron chi connectivity index (χ2n) is 6.87. The molecule has 0 aliphatic rings. The van der Waals surface area contributed by atoms with Gasteiger partial charge < -0.3 is 10.1 Å². The minimum absolute atomic E-state index is 0.0816. The van der Waals surface area contributed by atoms with Crippen LogP contribution >= 0.6 is 0 Å². The van der Waals surface area contributed by atoms with Crippen molar-refractivity contribution >= 4 is 21.6 Å². The van der Waals surface area contributed by atoms with Gasteiger partial charge in [0.2, 0.25) is 15.9 Å². The Morgan fingerprint density at radius 2 is 1.79 bits per heavy atom. The number of carbonyl (C=O) groups excluding carboxylic acids is 1. The zero-order chi connectivity index (χ0) is 20.7. The molecule has 2 aromatic carbocycles. The molecule has 2 rings (SSSR count). The van der Waals surface area contributed by atoms with Gasteiger partial charge in [-0.2, -0.15) is 0 Å². The monoisotopic (exact) mass is 404 g/mol. The standard InChI is InChI=1S/C21H28N2O4S/c1-16(13-14-18-9-6-5-7-10-18)22-21(24)17(2)23(28(4,25)26)19-11-8-12-20(15-19)27-3/h5-12,15-17H,13-14H2,1-4H3,(H,22,24)/t16-,17-/m1/s1. The maximum atomic E-state index is 12.7. The third kappa shape index (κ3) is 5.99. The van der Waals surface area contributed by atoms with Crippen LogP contribution in [0.25, 0.3) is 0 Å². The van der Waals surface area contributed by atoms with Gasteiger partial charge in [-0.1, -0.05) is 36.4 Å². The molecule has 0 heterocycles. The molecule has 0 spiro atoms. The lowest BCUT2D eigenvalue weighted by Gasteiger charge is -2.29. The fourth-order valence-electron chi connectivity index (χ4n) is 3.02. The number of rotatable bonds is 9. The van der Waals surface area contributed by atoms with Gasteiger partial charge in [-0.15, -0.1) is 0 Å². The molecule has 152 valence electrons. The Balaban J connectivity index is 2.08. The summed E-state index contributed by atoms with van der Waals surface area (Å²) < 4.78 is 31.1. The Hall–Kier alpha value is -2.54. The number of nitrogens with one attached hydrogen (secondary N) is 1. The number of sulfonamides is 1. The van der Waals surface area contributed by atoms with E-state index in [-0.39, 0.29) is 11.9 Å². The molecule has 0 aliphatic heterocycles. The first-order chi connectivity index (χ1) is 13.2. The first kappa shape index (κ1) is 21.8. The van der Waals surface area contributed by atoms with Crippen LogP contribution in [0.15, 0.2) is 54.6 Å². The third-order valence-corrected chi connectivity index (χ3v) is 5.74. The normalized spacial score (nSPS) is 13.4. The van der Waals surface area contributed by atoms with E-state index >= 15 is 0 Å². The van der Waals surface area contributed by atoms with Gasteiger partial charge in [0.05, 0.1) is 19.1 Å². The summed E-state index contributed by atoms with van der Waals surface area (Å²) in [7, 11) is -2.15. The molecular weight excluding hydrogens is 376 g/mol. The van der Waals surface area contributed by atoms with Crippen molar-refractivity contribution in [3.63, 3.8) is 0 Å². The summed E-state index contributed by atoms with van der Waals surface area (Å²) in [6.07, 6.45) is 2.69. The number of carbonyl (C=O) groups is 1. The molecule has 0 bridgehead atoms. The molecule has 6 nitrogen and oxygen atoms in total. The van der Waals surface area contributed by atoms with Crippen LogP contribution in [0.2, 0.25) is 0 Å². The van der Waals surface area contributed by atoms with Gasteiger partial charge in [0.1, 0.15) is 11.8 Å². The number of aryl methyl sites for hydroxylation is 1. The summed E-state index contributed by atoms with van der Waals surface area (Å²) in [4.78, 5) is 12.7. The van der Waals surface area contributed by atoms with Crippen LogP contribution in [0, 0.1) is 0 Å². The summed E-state index contributed by atoms with van der Waals surface area (Å²) in [5.41, 5.74) is 1.59. The maximum absolute atomic E-state index is 12.7. The first-order valence-corrected chi connectivity index (χ1v) is 11.0. The van der Waals surface area contributed by atoms with E-state index in [0.29, 0.717) is 11.4 Å². The number of ether oxygens (including phenoxy) is 1. The second kappa shape index (κ2) is 9.59. The van der Waals surface area contributed by atoms with Gasteiger partial charge in [0.25, 0.3) is 0 Å². The van der Waals surface area contributed by atoms with Crippen LogP contribution in [0.4, 0.5) is 5.69 Å². The minimum Gasteiger partial charge on any atom is -0.497 e. The lowest BCUT2D eigenvalue weighted by Crippen LogP contribution is -2.50. The molecule has 1 amide bonds. The first-order valence-electron chi connectivity index (χ1n) is 9.20. The van der Waals surface area contributed by atoms with E-state index < -0.39 is 16.1 Å². The Morgan fingerprint density at radius 1 is 1.11 bits per heavy atom. The lowest BCUT2D eigenvalue weighted by atomic mass is 10.1. The van der Waals surface area contributed by atoms with Crippen molar-refractivity contribution in [1.29, 1.82) is 0 Å². The SMILES string of the molecule is COc1cccc(N([C@H](C)C(=O)N[C@H](C)CCc2ccccc2)S(C)(=O)=O)c1. The van der Waals surface area contributed by atoms with Crippen LogP contribution in [-0.4, -0.2) is 39.8 Å². The number of methoxy groups -OCH3 is 1. The Bertz CT molecular complexity index is 884. The van der Waals surface area contributed by atoms with E-state index in [2.05, 4.69) is 5.32 Å². The smallest absolute Gasteiger partial charge is 0.243 e. The second-order valence-corrected chi connectivity index (χ2v) is 8.73. The van der Waals surface area contributed by atoms with Gasteiger partial charge in [0, 0.05) is 12.1 Å². The largest absolute Gasteiger partial charge is 0.497 e. The van der Waals surface area contributed by atoms with E-state index in [1.165, 1.54) is 12.7 Å². The van der Waals surface area contributed by atoms with E-state index in [1.807, 2.05) is 37.3 Å². The Labute approximate surface area is 167 Å². The van der Waals surface area contributed by atoms with Crippen molar-refractivity contribution in [2.45, 2.75) is 38.8 Å². The van der Waals surface area contributed by atoms with Crippen molar-refractivity contribution in [2.24, 2.45) is 0 Å². The highest BCUT2D eigenvalue weighted by molar-refractivity contribution is 7.92. The predicted molar refractivity (Wildman–Crippen MR) is 112 cm³/mol. The van der Waals surface area contributed by atoms with Crippen molar-refractivity contribution in [3.8, 4) is 5.75 Å².